The normalized spacial score (nSPS) is 11.7. The van der Waals surface area contributed by atoms with E-state index in [1.807, 2.05) is 38.2 Å². The molecule has 0 aliphatic heterocycles. The molecule has 8 heteroatoms. The van der Waals surface area contributed by atoms with Crippen LogP contribution in [0, 0.1) is 6.92 Å². The molecule has 31 heavy (non-hydrogen) atoms. The molecule has 3 aromatic rings. The van der Waals surface area contributed by atoms with Crippen molar-refractivity contribution in [2.75, 3.05) is 13.6 Å². The highest BCUT2D eigenvalue weighted by molar-refractivity contribution is 5.95. The lowest BCUT2D eigenvalue weighted by atomic mass is 10.1. The van der Waals surface area contributed by atoms with Crippen molar-refractivity contribution in [3.05, 3.63) is 82.7 Å². The summed E-state index contributed by atoms with van der Waals surface area (Å²) in [4.78, 5) is 14.8. The van der Waals surface area contributed by atoms with E-state index in [1.54, 1.807) is 12.1 Å². The van der Waals surface area contributed by atoms with Gasteiger partial charge in [0.05, 0.1) is 17.4 Å². The van der Waals surface area contributed by atoms with Crippen molar-refractivity contribution in [3.8, 4) is 5.69 Å². The summed E-state index contributed by atoms with van der Waals surface area (Å²) in [5, 5.41) is 6.44. The van der Waals surface area contributed by atoms with Gasteiger partial charge in [0.15, 0.2) is 5.69 Å². The molecule has 0 fully saturated rings. The van der Waals surface area contributed by atoms with Gasteiger partial charge in [-0.05, 0) is 43.8 Å². The number of nitrogens with one attached hydrogen (secondary N) is 1. The van der Waals surface area contributed by atoms with Crippen molar-refractivity contribution in [1.29, 1.82) is 0 Å². The molecular weight excluding hydrogens is 405 g/mol. The summed E-state index contributed by atoms with van der Waals surface area (Å²) in [7, 11) is 2.00. The number of alkyl halides is 3. The minimum Gasteiger partial charge on any atom is -0.348 e. The number of hydrogen-bond donors (Lipinski definition) is 1. The first kappa shape index (κ1) is 22.6. The van der Waals surface area contributed by atoms with Gasteiger partial charge >= 0.3 is 6.18 Å². The van der Waals surface area contributed by atoms with Crippen molar-refractivity contribution in [2.45, 2.75) is 33.1 Å². The van der Waals surface area contributed by atoms with Crippen LogP contribution in [0.5, 0.6) is 0 Å². The number of aromatic nitrogens is 2. The monoisotopic (exact) mass is 430 g/mol. The van der Waals surface area contributed by atoms with Crippen LogP contribution in [0.15, 0.2) is 54.7 Å². The Hall–Kier alpha value is -3.13. The van der Waals surface area contributed by atoms with Gasteiger partial charge in [0.2, 0.25) is 0 Å². The van der Waals surface area contributed by atoms with E-state index in [4.69, 9.17) is 0 Å². The fourth-order valence-corrected chi connectivity index (χ4v) is 3.21. The van der Waals surface area contributed by atoms with E-state index in [0.29, 0.717) is 0 Å². The summed E-state index contributed by atoms with van der Waals surface area (Å²) >= 11 is 0. The summed E-state index contributed by atoms with van der Waals surface area (Å²) in [6, 6.07) is 14.1. The van der Waals surface area contributed by atoms with Crippen molar-refractivity contribution >= 4 is 5.91 Å². The molecule has 0 atom stereocenters. The van der Waals surface area contributed by atoms with E-state index in [-0.39, 0.29) is 12.2 Å². The van der Waals surface area contributed by atoms with Crippen LogP contribution in [-0.2, 0) is 19.3 Å². The Labute approximate surface area is 179 Å². The average Bonchev–Trinajstić information content (AvgIpc) is 3.18. The Morgan fingerprint density at radius 3 is 2.45 bits per heavy atom. The van der Waals surface area contributed by atoms with Crippen LogP contribution in [0.1, 0.15) is 39.7 Å². The van der Waals surface area contributed by atoms with Crippen LogP contribution < -0.4 is 5.32 Å². The summed E-state index contributed by atoms with van der Waals surface area (Å²) in [5.74, 6) is -0.818. The molecule has 0 saturated carbocycles. The maximum atomic E-state index is 13.8. The first-order valence-corrected chi connectivity index (χ1v) is 9.96. The number of aryl methyl sites for hydroxylation is 1. The summed E-state index contributed by atoms with van der Waals surface area (Å²) in [5.41, 5.74) is 1.44. The molecule has 0 unspecified atom stereocenters. The molecule has 2 aromatic carbocycles. The zero-order chi connectivity index (χ0) is 22.6. The van der Waals surface area contributed by atoms with Gasteiger partial charge in [0, 0.05) is 13.1 Å². The molecule has 3 rings (SSSR count). The third kappa shape index (κ3) is 5.52. The lowest BCUT2D eigenvalue weighted by molar-refractivity contribution is -0.143. The fraction of sp³-hybridized carbons (Fsp3) is 0.304. The lowest BCUT2D eigenvalue weighted by Gasteiger charge is -2.15. The minimum atomic E-state index is -4.74. The van der Waals surface area contributed by atoms with Gasteiger partial charge in [-0.25, -0.2) is 4.68 Å². The Balaban J connectivity index is 1.81. The van der Waals surface area contributed by atoms with Crippen LogP contribution in [0.4, 0.5) is 13.2 Å². The molecular formula is C23H25F3N4O. The highest BCUT2D eigenvalue weighted by Gasteiger charge is 2.40. The summed E-state index contributed by atoms with van der Waals surface area (Å²) in [6.45, 7) is 5.66. The Morgan fingerprint density at radius 2 is 1.81 bits per heavy atom. The van der Waals surface area contributed by atoms with Crippen molar-refractivity contribution < 1.29 is 18.0 Å². The number of nitrogens with zero attached hydrogens (tertiary/aromatic N) is 3. The molecule has 1 aromatic heterocycles. The van der Waals surface area contributed by atoms with Crippen LogP contribution in [0.3, 0.4) is 0 Å². The van der Waals surface area contributed by atoms with Gasteiger partial charge in [0.25, 0.3) is 5.91 Å². The molecule has 0 saturated heterocycles. The molecule has 1 heterocycles. The number of halogens is 3. The molecule has 5 nitrogen and oxygen atoms in total. The van der Waals surface area contributed by atoms with E-state index in [2.05, 4.69) is 22.2 Å². The number of carbonyl (C=O) groups excluding carboxylic acids is 1. The quantitative estimate of drug-likeness (QED) is 0.597. The Kier molecular flexibility index (Phi) is 6.80. The van der Waals surface area contributed by atoms with Gasteiger partial charge < -0.3 is 10.2 Å². The third-order valence-corrected chi connectivity index (χ3v) is 5.00. The first-order valence-electron chi connectivity index (χ1n) is 9.96. The van der Waals surface area contributed by atoms with Crippen LogP contribution in [-0.4, -0.2) is 34.2 Å². The topological polar surface area (TPSA) is 50.2 Å². The zero-order valence-corrected chi connectivity index (χ0v) is 17.7. The summed E-state index contributed by atoms with van der Waals surface area (Å²) < 4.78 is 42.1. The van der Waals surface area contributed by atoms with Crippen molar-refractivity contribution in [1.82, 2.24) is 20.0 Å². The first-order chi connectivity index (χ1) is 14.7. The largest absolute Gasteiger partial charge is 0.434 e. The second-order valence-corrected chi connectivity index (χ2v) is 7.48. The predicted octanol–water partition coefficient (Wildman–Crippen LogP) is 4.58. The molecule has 0 spiro atoms. The van der Waals surface area contributed by atoms with E-state index in [1.165, 1.54) is 12.1 Å². The van der Waals surface area contributed by atoms with Gasteiger partial charge in [-0.15, -0.1) is 0 Å². The molecule has 0 aliphatic carbocycles. The SMILES string of the molecule is CCN(C)Cc1cccc(CNC(=O)c2cnn(-c3ccc(C)cc3)c2C(F)(F)F)c1. The van der Waals surface area contributed by atoms with Gasteiger partial charge in [0.1, 0.15) is 0 Å². The molecule has 0 aliphatic rings. The van der Waals surface area contributed by atoms with Crippen molar-refractivity contribution in [3.63, 3.8) is 0 Å². The number of amides is 1. The van der Waals surface area contributed by atoms with E-state index in [0.717, 1.165) is 40.7 Å². The Bertz CT molecular complexity index is 1040. The maximum absolute atomic E-state index is 13.8. The molecule has 164 valence electrons. The number of carbonyl (C=O) groups is 1. The van der Waals surface area contributed by atoms with Crippen molar-refractivity contribution in [2.24, 2.45) is 0 Å². The highest BCUT2D eigenvalue weighted by Crippen LogP contribution is 2.33. The zero-order valence-electron chi connectivity index (χ0n) is 17.7. The van der Waals surface area contributed by atoms with Gasteiger partial charge in [-0.2, -0.15) is 18.3 Å². The maximum Gasteiger partial charge on any atom is 0.434 e. The molecule has 0 bridgehead atoms. The smallest absolute Gasteiger partial charge is 0.348 e. The minimum absolute atomic E-state index is 0.121. The average molecular weight is 430 g/mol. The predicted molar refractivity (Wildman–Crippen MR) is 113 cm³/mol. The van der Waals surface area contributed by atoms with Crippen LogP contribution in [0.2, 0.25) is 0 Å². The number of hydrogen-bond acceptors (Lipinski definition) is 3. The molecule has 0 radical (unpaired) electrons. The number of benzene rings is 2. The lowest BCUT2D eigenvalue weighted by Crippen LogP contribution is -2.26. The second kappa shape index (κ2) is 9.34. The fourth-order valence-electron chi connectivity index (χ4n) is 3.21. The Morgan fingerprint density at radius 1 is 1.13 bits per heavy atom. The molecule has 1 amide bonds. The third-order valence-electron chi connectivity index (χ3n) is 5.00. The number of rotatable bonds is 7. The highest BCUT2D eigenvalue weighted by atomic mass is 19.4. The summed E-state index contributed by atoms with van der Waals surface area (Å²) in [6.07, 6.45) is -3.77. The second-order valence-electron chi connectivity index (χ2n) is 7.48. The van der Waals surface area contributed by atoms with Gasteiger partial charge in [-0.3, -0.25) is 4.79 Å². The van der Waals surface area contributed by atoms with E-state index in [9.17, 15) is 18.0 Å². The van der Waals surface area contributed by atoms with Gasteiger partial charge in [-0.1, -0.05) is 48.9 Å². The molecule has 1 N–H and O–H groups in total. The van der Waals surface area contributed by atoms with E-state index < -0.39 is 23.3 Å². The van der Waals surface area contributed by atoms with E-state index >= 15 is 0 Å². The van der Waals surface area contributed by atoms with Crippen LogP contribution in [0.25, 0.3) is 5.69 Å². The standard InChI is InChI=1S/C23H25F3N4O/c1-4-29(3)15-18-7-5-6-17(12-18)13-27-22(31)20-14-28-30(21(20)23(24,25)26)19-10-8-16(2)9-11-19/h5-12,14H,4,13,15H2,1-3H3,(H,27,31). The van der Waals surface area contributed by atoms with Crippen LogP contribution >= 0.6 is 0 Å².